The lowest BCUT2D eigenvalue weighted by Crippen LogP contribution is -2.25. The Balaban J connectivity index is 2.22. The fourth-order valence-electron chi connectivity index (χ4n) is 2.68. The van der Waals surface area contributed by atoms with Gasteiger partial charge in [0.2, 0.25) is 0 Å². The van der Waals surface area contributed by atoms with Gasteiger partial charge in [-0.05, 0) is 43.5 Å². The first kappa shape index (κ1) is 13.6. The number of aryl methyl sites for hydroxylation is 3. The van der Waals surface area contributed by atoms with Crippen LogP contribution >= 0.6 is 0 Å². The second-order valence-electron chi connectivity index (χ2n) is 5.45. The molecule has 0 atom stereocenters. The molecule has 3 rings (SSSR count). The van der Waals surface area contributed by atoms with Gasteiger partial charge >= 0.3 is 0 Å². The van der Waals surface area contributed by atoms with Gasteiger partial charge in [-0.25, -0.2) is 4.98 Å². The molecule has 3 heteroatoms. The van der Waals surface area contributed by atoms with Crippen molar-refractivity contribution in [2.75, 3.05) is 0 Å². The van der Waals surface area contributed by atoms with E-state index in [2.05, 4.69) is 24.0 Å². The third-order valence-corrected chi connectivity index (χ3v) is 3.97. The standard InChI is InChI=1S/C18H18N2O/c1-12-7-4-5-9-15(12)11-20-14(3)19-16-10-6-8-13(2)17(16)18(20)21/h4-10H,11H2,1-3H3. The monoisotopic (exact) mass is 278 g/mol. The van der Waals surface area contributed by atoms with Crippen LogP contribution in [0, 0.1) is 20.8 Å². The van der Waals surface area contributed by atoms with Crippen molar-refractivity contribution in [1.82, 2.24) is 9.55 Å². The summed E-state index contributed by atoms with van der Waals surface area (Å²) in [6.45, 7) is 6.48. The number of hydrogen-bond acceptors (Lipinski definition) is 2. The molecule has 0 spiro atoms. The first-order chi connectivity index (χ1) is 10.1. The van der Waals surface area contributed by atoms with Crippen molar-refractivity contribution in [3.05, 3.63) is 75.3 Å². The first-order valence-electron chi connectivity index (χ1n) is 7.09. The molecule has 3 aromatic rings. The van der Waals surface area contributed by atoms with E-state index in [9.17, 15) is 4.79 Å². The molecule has 0 radical (unpaired) electrons. The van der Waals surface area contributed by atoms with Gasteiger partial charge in [0.05, 0.1) is 17.4 Å². The van der Waals surface area contributed by atoms with Crippen LogP contribution in [-0.2, 0) is 6.54 Å². The SMILES string of the molecule is Cc1ccccc1Cn1c(C)nc2cccc(C)c2c1=O. The second kappa shape index (κ2) is 5.17. The molecule has 0 saturated carbocycles. The van der Waals surface area contributed by atoms with Gasteiger partial charge in [0.25, 0.3) is 5.56 Å². The third kappa shape index (κ3) is 2.35. The highest BCUT2D eigenvalue weighted by molar-refractivity contribution is 5.81. The van der Waals surface area contributed by atoms with Crippen LogP contribution in [-0.4, -0.2) is 9.55 Å². The minimum absolute atomic E-state index is 0.0406. The lowest BCUT2D eigenvalue weighted by atomic mass is 10.1. The molecular formula is C18H18N2O. The average molecular weight is 278 g/mol. The summed E-state index contributed by atoms with van der Waals surface area (Å²) in [5, 5.41) is 0.719. The number of nitrogens with zero attached hydrogens (tertiary/aromatic N) is 2. The number of aromatic nitrogens is 2. The Kier molecular flexibility index (Phi) is 3.34. The molecule has 1 aromatic heterocycles. The highest BCUT2D eigenvalue weighted by Crippen LogP contribution is 2.14. The van der Waals surface area contributed by atoms with E-state index in [1.807, 2.05) is 44.2 Å². The number of rotatable bonds is 2. The zero-order valence-electron chi connectivity index (χ0n) is 12.6. The van der Waals surface area contributed by atoms with E-state index in [-0.39, 0.29) is 5.56 Å². The highest BCUT2D eigenvalue weighted by Gasteiger charge is 2.10. The maximum atomic E-state index is 12.8. The Morgan fingerprint density at radius 3 is 2.43 bits per heavy atom. The minimum Gasteiger partial charge on any atom is -0.292 e. The Bertz CT molecular complexity index is 878. The Labute approximate surface area is 123 Å². The molecule has 21 heavy (non-hydrogen) atoms. The predicted octanol–water partition coefficient (Wildman–Crippen LogP) is 3.37. The van der Waals surface area contributed by atoms with Crippen molar-refractivity contribution in [3.8, 4) is 0 Å². The van der Waals surface area contributed by atoms with E-state index in [0.29, 0.717) is 6.54 Å². The smallest absolute Gasteiger partial charge is 0.261 e. The van der Waals surface area contributed by atoms with Gasteiger partial charge in [-0.3, -0.25) is 9.36 Å². The first-order valence-corrected chi connectivity index (χ1v) is 7.09. The van der Waals surface area contributed by atoms with E-state index in [4.69, 9.17) is 0 Å². The summed E-state index contributed by atoms with van der Waals surface area (Å²) in [5.41, 5.74) is 4.13. The van der Waals surface area contributed by atoms with Gasteiger partial charge < -0.3 is 0 Å². The lowest BCUT2D eigenvalue weighted by Gasteiger charge is -2.13. The van der Waals surface area contributed by atoms with Crippen LogP contribution in [0.1, 0.15) is 22.5 Å². The van der Waals surface area contributed by atoms with Crippen molar-refractivity contribution < 1.29 is 0 Å². The van der Waals surface area contributed by atoms with Crippen molar-refractivity contribution >= 4 is 10.9 Å². The molecular weight excluding hydrogens is 260 g/mol. The molecule has 0 N–H and O–H groups in total. The molecule has 0 fully saturated rings. The van der Waals surface area contributed by atoms with Crippen LogP contribution in [0.2, 0.25) is 0 Å². The zero-order chi connectivity index (χ0) is 15.0. The summed E-state index contributed by atoms with van der Waals surface area (Å²) in [7, 11) is 0. The van der Waals surface area contributed by atoms with Gasteiger partial charge in [-0.1, -0.05) is 36.4 Å². The normalized spacial score (nSPS) is 11.0. The van der Waals surface area contributed by atoms with Crippen molar-refractivity contribution in [1.29, 1.82) is 0 Å². The Hall–Kier alpha value is -2.42. The fourth-order valence-corrected chi connectivity index (χ4v) is 2.68. The van der Waals surface area contributed by atoms with Crippen molar-refractivity contribution in [2.45, 2.75) is 27.3 Å². The quantitative estimate of drug-likeness (QED) is 0.720. The van der Waals surface area contributed by atoms with Gasteiger partial charge in [0.15, 0.2) is 0 Å². The number of benzene rings is 2. The van der Waals surface area contributed by atoms with Crippen LogP contribution < -0.4 is 5.56 Å². The van der Waals surface area contributed by atoms with Crippen LogP contribution in [0.15, 0.2) is 47.3 Å². The lowest BCUT2D eigenvalue weighted by molar-refractivity contribution is 0.709. The van der Waals surface area contributed by atoms with E-state index in [1.54, 1.807) is 4.57 Å². The van der Waals surface area contributed by atoms with Gasteiger partial charge in [-0.15, -0.1) is 0 Å². The Morgan fingerprint density at radius 2 is 1.67 bits per heavy atom. The summed E-state index contributed by atoms with van der Waals surface area (Å²) in [6.07, 6.45) is 0. The van der Waals surface area contributed by atoms with Crippen LogP contribution in [0.4, 0.5) is 0 Å². The third-order valence-electron chi connectivity index (χ3n) is 3.97. The fraction of sp³-hybridized carbons (Fsp3) is 0.222. The van der Waals surface area contributed by atoms with Gasteiger partial charge in [0, 0.05) is 0 Å². The van der Waals surface area contributed by atoms with Crippen molar-refractivity contribution in [3.63, 3.8) is 0 Å². The molecule has 0 unspecified atom stereocenters. The van der Waals surface area contributed by atoms with Crippen molar-refractivity contribution in [2.24, 2.45) is 0 Å². The largest absolute Gasteiger partial charge is 0.292 e. The number of hydrogen-bond donors (Lipinski definition) is 0. The maximum absolute atomic E-state index is 12.8. The predicted molar refractivity (Wildman–Crippen MR) is 85.8 cm³/mol. The molecule has 0 bridgehead atoms. The molecule has 0 amide bonds. The van der Waals surface area contributed by atoms with E-state index >= 15 is 0 Å². The molecule has 1 heterocycles. The highest BCUT2D eigenvalue weighted by atomic mass is 16.1. The van der Waals surface area contributed by atoms with Gasteiger partial charge in [-0.2, -0.15) is 0 Å². The molecule has 106 valence electrons. The zero-order valence-corrected chi connectivity index (χ0v) is 12.6. The van der Waals surface area contributed by atoms with Crippen LogP contribution in [0.25, 0.3) is 10.9 Å². The molecule has 3 nitrogen and oxygen atoms in total. The van der Waals surface area contributed by atoms with Crippen LogP contribution in [0.5, 0.6) is 0 Å². The summed E-state index contributed by atoms with van der Waals surface area (Å²) in [6, 6.07) is 13.9. The summed E-state index contributed by atoms with van der Waals surface area (Å²) < 4.78 is 1.76. The minimum atomic E-state index is 0.0406. The molecule has 0 saturated heterocycles. The molecule has 2 aromatic carbocycles. The van der Waals surface area contributed by atoms with Gasteiger partial charge in [0.1, 0.15) is 5.82 Å². The summed E-state index contributed by atoms with van der Waals surface area (Å²) >= 11 is 0. The molecule has 0 aliphatic rings. The Morgan fingerprint density at radius 1 is 0.952 bits per heavy atom. The topological polar surface area (TPSA) is 34.9 Å². The second-order valence-corrected chi connectivity index (χ2v) is 5.45. The summed E-state index contributed by atoms with van der Waals surface area (Å²) in [5.74, 6) is 0.751. The summed E-state index contributed by atoms with van der Waals surface area (Å²) in [4.78, 5) is 17.4. The molecule has 0 aliphatic heterocycles. The van der Waals surface area contributed by atoms with E-state index in [0.717, 1.165) is 27.9 Å². The van der Waals surface area contributed by atoms with E-state index in [1.165, 1.54) is 5.56 Å². The molecule has 0 aliphatic carbocycles. The number of fused-ring (bicyclic) bond motifs is 1. The van der Waals surface area contributed by atoms with Crippen LogP contribution in [0.3, 0.4) is 0 Å². The maximum Gasteiger partial charge on any atom is 0.261 e. The average Bonchev–Trinajstić information content (AvgIpc) is 2.45. The van der Waals surface area contributed by atoms with E-state index < -0.39 is 0 Å².